The lowest BCUT2D eigenvalue weighted by Gasteiger charge is -2.35. The molecule has 4 rings (SSSR count). The van der Waals surface area contributed by atoms with Gasteiger partial charge in [-0.15, -0.1) is 13.2 Å². The standard InChI is InChI=1S/C26H29F3N4O5/c1-2-25(37,22(34)23(35)33-15-18-6-5-11-30-19(18)16-33)24(36)31-14-17-9-12-32(13-10-17)20-7-3-4-8-21(20)38-26(27,28)29/h2-8,11,17,22,34,37H,1,9-10,12-16H2,(H,31,36)/t22-,25+/m0/s1. The van der Waals surface area contributed by atoms with E-state index in [0.29, 0.717) is 37.3 Å². The number of ether oxygens (including phenoxy) is 1. The summed E-state index contributed by atoms with van der Waals surface area (Å²) in [6.07, 6.45) is -3.34. The normalized spacial score (nSPS) is 18.3. The first-order valence-electron chi connectivity index (χ1n) is 12.2. The Hall–Kier alpha value is -3.64. The molecule has 0 aliphatic carbocycles. The number of nitrogens with zero attached hydrogens (tertiary/aromatic N) is 3. The number of anilines is 1. The molecule has 2 aliphatic heterocycles. The summed E-state index contributed by atoms with van der Waals surface area (Å²) in [5.74, 6) is -2.10. The van der Waals surface area contributed by atoms with Crippen LogP contribution in [0.3, 0.4) is 0 Å². The third kappa shape index (κ3) is 5.91. The molecular weight excluding hydrogens is 505 g/mol. The third-order valence-corrected chi connectivity index (χ3v) is 6.92. The highest BCUT2D eigenvalue weighted by Crippen LogP contribution is 2.35. The van der Waals surface area contributed by atoms with Gasteiger partial charge in [0, 0.05) is 32.4 Å². The maximum absolute atomic E-state index is 12.9. The molecule has 38 heavy (non-hydrogen) atoms. The second kappa shape index (κ2) is 11.0. The summed E-state index contributed by atoms with van der Waals surface area (Å²) in [6.45, 7) is 4.78. The second-order valence-electron chi connectivity index (χ2n) is 9.39. The van der Waals surface area contributed by atoms with Gasteiger partial charge in [-0.25, -0.2) is 0 Å². The predicted molar refractivity (Wildman–Crippen MR) is 131 cm³/mol. The van der Waals surface area contributed by atoms with Crippen molar-refractivity contribution in [3.63, 3.8) is 0 Å². The van der Waals surface area contributed by atoms with Crippen molar-refractivity contribution in [1.29, 1.82) is 0 Å². The van der Waals surface area contributed by atoms with Crippen LogP contribution >= 0.6 is 0 Å². The molecule has 0 bridgehead atoms. The highest BCUT2D eigenvalue weighted by atomic mass is 19.4. The number of carbonyl (C=O) groups is 2. The average molecular weight is 535 g/mol. The van der Waals surface area contributed by atoms with Crippen LogP contribution in [0.15, 0.2) is 55.3 Å². The zero-order valence-corrected chi connectivity index (χ0v) is 20.5. The number of aliphatic hydroxyl groups excluding tert-OH is 1. The van der Waals surface area contributed by atoms with Crippen LogP contribution in [0, 0.1) is 5.92 Å². The fourth-order valence-corrected chi connectivity index (χ4v) is 4.73. The van der Waals surface area contributed by atoms with E-state index >= 15 is 0 Å². The van der Waals surface area contributed by atoms with Gasteiger partial charge in [0.2, 0.25) is 0 Å². The second-order valence-corrected chi connectivity index (χ2v) is 9.39. The van der Waals surface area contributed by atoms with Crippen molar-refractivity contribution < 1.29 is 37.7 Å². The van der Waals surface area contributed by atoms with E-state index in [2.05, 4.69) is 21.6 Å². The molecular formula is C26H29F3N4O5. The van der Waals surface area contributed by atoms with Gasteiger partial charge < -0.3 is 30.1 Å². The van der Waals surface area contributed by atoms with Gasteiger partial charge in [0.1, 0.15) is 0 Å². The van der Waals surface area contributed by atoms with E-state index in [1.54, 1.807) is 29.3 Å². The fourth-order valence-electron chi connectivity index (χ4n) is 4.73. The SMILES string of the molecule is C=C[C@](O)(C(=O)NCC1CCN(c2ccccc2OC(F)(F)F)CC1)[C@@H](O)C(=O)N1Cc2cccnc2C1. The molecule has 3 N–H and O–H groups in total. The average Bonchev–Trinajstić information content (AvgIpc) is 3.34. The van der Waals surface area contributed by atoms with E-state index in [1.165, 1.54) is 17.0 Å². The number of hydrogen-bond donors (Lipinski definition) is 3. The summed E-state index contributed by atoms with van der Waals surface area (Å²) in [5.41, 5.74) is -0.722. The highest BCUT2D eigenvalue weighted by Gasteiger charge is 2.47. The number of benzene rings is 1. The number of aliphatic hydroxyl groups is 2. The van der Waals surface area contributed by atoms with Crippen molar-refractivity contribution in [3.8, 4) is 5.75 Å². The maximum atomic E-state index is 12.9. The molecule has 204 valence electrons. The summed E-state index contributed by atoms with van der Waals surface area (Å²) in [7, 11) is 0. The van der Waals surface area contributed by atoms with Gasteiger partial charge in [-0.3, -0.25) is 14.6 Å². The van der Waals surface area contributed by atoms with Crippen molar-refractivity contribution in [2.45, 2.75) is 44.0 Å². The van der Waals surface area contributed by atoms with E-state index in [9.17, 15) is 33.0 Å². The minimum absolute atomic E-state index is 0.0352. The molecule has 1 saturated heterocycles. The maximum Gasteiger partial charge on any atom is 0.573 e. The number of piperidine rings is 1. The van der Waals surface area contributed by atoms with E-state index in [0.717, 1.165) is 11.6 Å². The monoisotopic (exact) mass is 534 g/mol. The number of rotatable bonds is 8. The summed E-state index contributed by atoms with van der Waals surface area (Å²) < 4.78 is 42.4. The van der Waals surface area contributed by atoms with Crippen molar-refractivity contribution >= 4 is 17.5 Å². The molecule has 0 radical (unpaired) electrons. The van der Waals surface area contributed by atoms with Gasteiger partial charge in [-0.1, -0.05) is 24.8 Å². The summed E-state index contributed by atoms with van der Waals surface area (Å²) in [4.78, 5) is 33.0. The number of hydrogen-bond acceptors (Lipinski definition) is 7. The number of para-hydroxylation sites is 2. The van der Waals surface area contributed by atoms with Gasteiger partial charge in [0.25, 0.3) is 11.8 Å². The molecule has 0 unspecified atom stereocenters. The van der Waals surface area contributed by atoms with Gasteiger partial charge in [0.05, 0.1) is 17.9 Å². The Morgan fingerprint density at radius 2 is 1.89 bits per heavy atom. The number of amides is 2. The van der Waals surface area contributed by atoms with Gasteiger partial charge >= 0.3 is 6.36 Å². The molecule has 1 aromatic carbocycles. The van der Waals surface area contributed by atoms with Crippen LogP contribution in [-0.2, 0) is 22.7 Å². The summed E-state index contributed by atoms with van der Waals surface area (Å²) in [6, 6.07) is 9.45. The number of halogens is 3. The molecule has 2 amide bonds. The Labute approximate surface area is 217 Å². The van der Waals surface area contributed by atoms with Crippen LogP contribution in [0.1, 0.15) is 24.1 Å². The zero-order valence-electron chi connectivity index (χ0n) is 20.5. The van der Waals surface area contributed by atoms with E-state index in [-0.39, 0.29) is 31.3 Å². The summed E-state index contributed by atoms with van der Waals surface area (Å²) >= 11 is 0. The predicted octanol–water partition coefficient (Wildman–Crippen LogP) is 2.13. The van der Waals surface area contributed by atoms with E-state index in [1.807, 2.05) is 6.07 Å². The number of alkyl halides is 3. The molecule has 0 spiro atoms. The Morgan fingerprint density at radius 1 is 1.18 bits per heavy atom. The Balaban J connectivity index is 1.31. The molecule has 2 aromatic rings. The number of fused-ring (bicyclic) bond motifs is 1. The van der Waals surface area contributed by atoms with Crippen LogP contribution in [0.25, 0.3) is 0 Å². The Kier molecular flexibility index (Phi) is 7.93. The molecule has 1 fully saturated rings. The van der Waals surface area contributed by atoms with Crippen LogP contribution in [0.2, 0.25) is 0 Å². The first-order valence-corrected chi connectivity index (χ1v) is 12.2. The first kappa shape index (κ1) is 27.4. The lowest BCUT2D eigenvalue weighted by Crippen LogP contribution is -2.59. The molecule has 0 saturated carbocycles. The number of carbonyl (C=O) groups excluding carboxylic acids is 2. The molecule has 1 aromatic heterocycles. The zero-order chi connectivity index (χ0) is 27.5. The van der Waals surface area contributed by atoms with Gasteiger partial charge in [-0.05, 0) is 48.6 Å². The largest absolute Gasteiger partial charge is 0.573 e. The quantitative estimate of drug-likeness (QED) is 0.445. The fraction of sp³-hybridized carbons (Fsp3) is 0.423. The number of pyridine rings is 1. The minimum Gasteiger partial charge on any atom is -0.404 e. The van der Waals surface area contributed by atoms with Crippen LogP contribution in [-0.4, -0.2) is 69.6 Å². The van der Waals surface area contributed by atoms with E-state index in [4.69, 9.17) is 0 Å². The van der Waals surface area contributed by atoms with Crippen LogP contribution < -0.4 is 15.0 Å². The minimum atomic E-state index is -4.80. The Bertz CT molecular complexity index is 1160. The molecule has 9 nitrogen and oxygen atoms in total. The molecule has 2 aliphatic rings. The molecule has 12 heteroatoms. The highest BCUT2D eigenvalue weighted by molar-refractivity contribution is 5.95. The van der Waals surface area contributed by atoms with E-state index < -0.39 is 29.9 Å². The van der Waals surface area contributed by atoms with Crippen molar-refractivity contribution in [3.05, 3.63) is 66.5 Å². The van der Waals surface area contributed by atoms with Crippen molar-refractivity contribution in [2.24, 2.45) is 5.92 Å². The van der Waals surface area contributed by atoms with Gasteiger partial charge in [0.15, 0.2) is 17.5 Å². The van der Waals surface area contributed by atoms with Gasteiger partial charge in [-0.2, -0.15) is 0 Å². The Morgan fingerprint density at radius 3 is 2.55 bits per heavy atom. The first-order chi connectivity index (χ1) is 18.0. The molecule has 2 atom stereocenters. The van der Waals surface area contributed by atoms with Crippen LogP contribution in [0.5, 0.6) is 5.75 Å². The lowest BCUT2D eigenvalue weighted by atomic mass is 9.92. The number of nitrogens with one attached hydrogen (secondary N) is 1. The molecule has 3 heterocycles. The number of aromatic nitrogens is 1. The van der Waals surface area contributed by atoms with Crippen molar-refractivity contribution in [2.75, 3.05) is 24.5 Å². The topological polar surface area (TPSA) is 115 Å². The smallest absolute Gasteiger partial charge is 0.404 e. The van der Waals surface area contributed by atoms with Crippen LogP contribution in [0.4, 0.5) is 18.9 Å². The third-order valence-electron chi connectivity index (χ3n) is 6.92. The summed E-state index contributed by atoms with van der Waals surface area (Å²) in [5, 5.41) is 24.1. The lowest BCUT2D eigenvalue weighted by molar-refractivity contribution is -0.274. The van der Waals surface area contributed by atoms with Crippen molar-refractivity contribution in [1.82, 2.24) is 15.2 Å².